The van der Waals surface area contributed by atoms with Crippen molar-refractivity contribution in [2.45, 2.75) is 18.9 Å². The Morgan fingerprint density at radius 1 is 0.821 bits per heavy atom. The molecule has 1 aromatic heterocycles. The number of benzene rings is 3. The Morgan fingerprint density at radius 3 is 2.50 bits per heavy atom. The molecule has 1 unspecified atom stereocenters. The lowest BCUT2D eigenvalue weighted by Gasteiger charge is -2.19. The maximum Gasteiger partial charge on any atom is 0.0892 e. The Bertz CT molecular complexity index is 1090. The molecule has 0 N–H and O–H groups in total. The highest BCUT2D eigenvalue weighted by molar-refractivity contribution is 5.81. The molecule has 5 rings (SSSR count). The third kappa shape index (κ3) is 3.41. The maximum absolute atomic E-state index is 4.47. The van der Waals surface area contributed by atoms with E-state index in [4.69, 9.17) is 0 Å². The summed E-state index contributed by atoms with van der Waals surface area (Å²) < 4.78 is 0. The molecule has 2 heterocycles. The minimum atomic E-state index is 0.643. The summed E-state index contributed by atoms with van der Waals surface area (Å²) in [5.74, 6) is 0.643. The van der Waals surface area contributed by atoms with Crippen molar-refractivity contribution in [2.24, 2.45) is 0 Å². The third-order valence-corrected chi connectivity index (χ3v) is 5.73. The molecular formula is C25H23N3. The van der Waals surface area contributed by atoms with E-state index in [9.17, 15) is 0 Å². The molecule has 3 heteroatoms. The van der Waals surface area contributed by atoms with E-state index in [1.807, 2.05) is 0 Å². The second kappa shape index (κ2) is 7.53. The highest BCUT2D eigenvalue weighted by Gasteiger charge is 2.24. The van der Waals surface area contributed by atoms with E-state index in [1.54, 1.807) is 12.4 Å². The zero-order valence-corrected chi connectivity index (χ0v) is 15.8. The van der Waals surface area contributed by atoms with Gasteiger partial charge in [0, 0.05) is 25.5 Å². The maximum atomic E-state index is 4.47. The van der Waals surface area contributed by atoms with E-state index < -0.39 is 0 Å². The molecule has 28 heavy (non-hydrogen) atoms. The average molecular weight is 365 g/mol. The second-order valence-electron chi connectivity index (χ2n) is 7.55. The zero-order valence-electron chi connectivity index (χ0n) is 15.8. The van der Waals surface area contributed by atoms with Gasteiger partial charge in [-0.05, 0) is 53.3 Å². The first kappa shape index (κ1) is 17.1. The van der Waals surface area contributed by atoms with Crippen LogP contribution in [-0.2, 0) is 6.54 Å². The van der Waals surface area contributed by atoms with Crippen LogP contribution in [-0.4, -0.2) is 28.0 Å². The van der Waals surface area contributed by atoms with E-state index in [1.165, 1.54) is 28.7 Å². The lowest BCUT2D eigenvalue weighted by atomic mass is 9.98. The van der Waals surface area contributed by atoms with Gasteiger partial charge in [-0.1, -0.05) is 60.7 Å². The van der Waals surface area contributed by atoms with Gasteiger partial charge in [0.05, 0.1) is 11.0 Å². The summed E-state index contributed by atoms with van der Waals surface area (Å²) >= 11 is 0. The van der Waals surface area contributed by atoms with Crippen molar-refractivity contribution >= 4 is 11.0 Å². The van der Waals surface area contributed by atoms with Crippen molar-refractivity contribution in [3.05, 3.63) is 96.3 Å². The molecule has 1 aliphatic rings. The largest absolute Gasteiger partial charge is 0.298 e. The number of rotatable bonds is 4. The Morgan fingerprint density at radius 2 is 1.61 bits per heavy atom. The van der Waals surface area contributed by atoms with E-state index in [-0.39, 0.29) is 0 Å². The van der Waals surface area contributed by atoms with Crippen molar-refractivity contribution < 1.29 is 0 Å². The Hall–Kier alpha value is -3.04. The first-order valence-corrected chi connectivity index (χ1v) is 9.93. The van der Waals surface area contributed by atoms with E-state index in [0.717, 1.165) is 30.7 Å². The quantitative estimate of drug-likeness (QED) is 0.492. The van der Waals surface area contributed by atoms with Gasteiger partial charge in [0.2, 0.25) is 0 Å². The Kier molecular flexibility index (Phi) is 4.59. The summed E-state index contributed by atoms with van der Waals surface area (Å²) in [4.78, 5) is 11.4. The van der Waals surface area contributed by atoms with Crippen LogP contribution in [0.25, 0.3) is 22.2 Å². The first-order valence-electron chi connectivity index (χ1n) is 9.93. The summed E-state index contributed by atoms with van der Waals surface area (Å²) in [6.07, 6.45) is 4.73. The molecule has 3 nitrogen and oxygen atoms in total. The van der Waals surface area contributed by atoms with Crippen LogP contribution < -0.4 is 0 Å². The van der Waals surface area contributed by atoms with Crippen LogP contribution in [0, 0.1) is 0 Å². The van der Waals surface area contributed by atoms with Crippen molar-refractivity contribution in [3.63, 3.8) is 0 Å². The number of hydrogen-bond acceptors (Lipinski definition) is 3. The molecule has 0 bridgehead atoms. The van der Waals surface area contributed by atoms with Crippen LogP contribution in [0.2, 0.25) is 0 Å². The predicted octanol–water partition coefficient (Wildman–Crippen LogP) is 5.29. The van der Waals surface area contributed by atoms with Gasteiger partial charge >= 0.3 is 0 Å². The van der Waals surface area contributed by atoms with Gasteiger partial charge in [-0.15, -0.1) is 0 Å². The summed E-state index contributed by atoms with van der Waals surface area (Å²) in [6, 6.07) is 26.0. The molecule has 1 atom stereocenters. The lowest BCUT2D eigenvalue weighted by Crippen LogP contribution is -2.20. The van der Waals surface area contributed by atoms with Crippen molar-refractivity contribution in [1.29, 1.82) is 0 Å². The molecule has 1 saturated heterocycles. The highest BCUT2D eigenvalue weighted by Crippen LogP contribution is 2.31. The van der Waals surface area contributed by atoms with Gasteiger partial charge in [-0.2, -0.15) is 0 Å². The number of likely N-dealkylation sites (tertiary alicyclic amines) is 1. The molecule has 0 aliphatic carbocycles. The minimum absolute atomic E-state index is 0.643. The third-order valence-electron chi connectivity index (χ3n) is 5.73. The fraction of sp³-hybridized carbons (Fsp3) is 0.200. The standard InChI is InChI=1S/C25H23N3/c1-2-6-19(7-3-1)21-12-15-28(17-21)18-22-8-4-5-9-23(22)20-10-11-24-25(16-20)27-14-13-26-24/h1-11,13-14,16,21H,12,15,17-18H2. The summed E-state index contributed by atoms with van der Waals surface area (Å²) in [5, 5.41) is 0. The smallest absolute Gasteiger partial charge is 0.0892 e. The Balaban J connectivity index is 1.39. The summed E-state index contributed by atoms with van der Waals surface area (Å²) in [6.45, 7) is 3.26. The molecule has 4 aromatic rings. The van der Waals surface area contributed by atoms with Gasteiger partial charge in [0.25, 0.3) is 0 Å². The van der Waals surface area contributed by atoms with Gasteiger partial charge in [-0.25, -0.2) is 0 Å². The van der Waals surface area contributed by atoms with Crippen molar-refractivity contribution in [3.8, 4) is 11.1 Å². The van der Waals surface area contributed by atoms with E-state index in [0.29, 0.717) is 5.92 Å². The molecule has 3 aromatic carbocycles. The van der Waals surface area contributed by atoms with Crippen LogP contribution in [0.3, 0.4) is 0 Å². The molecule has 1 aliphatic heterocycles. The number of aromatic nitrogens is 2. The molecule has 1 fully saturated rings. The number of nitrogens with zero attached hydrogens (tertiary/aromatic N) is 3. The monoisotopic (exact) mass is 365 g/mol. The molecular weight excluding hydrogens is 342 g/mol. The Labute approximate surface area is 165 Å². The van der Waals surface area contributed by atoms with Gasteiger partial charge in [-0.3, -0.25) is 14.9 Å². The number of hydrogen-bond donors (Lipinski definition) is 0. The van der Waals surface area contributed by atoms with E-state index in [2.05, 4.69) is 87.7 Å². The molecule has 0 radical (unpaired) electrons. The normalized spacial score (nSPS) is 17.2. The van der Waals surface area contributed by atoms with Crippen LogP contribution in [0.15, 0.2) is 85.2 Å². The average Bonchev–Trinajstić information content (AvgIpc) is 3.23. The zero-order chi connectivity index (χ0) is 18.8. The van der Waals surface area contributed by atoms with Crippen molar-refractivity contribution in [2.75, 3.05) is 13.1 Å². The molecule has 0 amide bonds. The minimum Gasteiger partial charge on any atom is -0.298 e. The fourth-order valence-electron chi connectivity index (χ4n) is 4.29. The first-order chi connectivity index (χ1) is 13.9. The van der Waals surface area contributed by atoms with Crippen LogP contribution in [0.1, 0.15) is 23.5 Å². The van der Waals surface area contributed by atoms with Crippen molar-refractivity contribution in [1.82, 2.24) is 14.9 Å². The highest BCUT2D eigenvalue weighted by atomic mass is 15.1. The van der Waals surface area contributed by atoms with Gasteiger partial charge in [0.15, 0.2) is 0 Å². The van der Waals surface area contributed by atoms with Crippen LogP contribution in [0.4, 0.5) is 0 Å². The molecule has 0 spiro atoms. The topological polar surface area (TPSA) is 29.0 Å². The van der Waals surface area contributed by atoms with Crippen LogP contribution >= 0.6 is 0 Å². The predicted molar refractivity (Wildman–Crippen MR) is 114 cm³/mol. The molecule has 138 valence electrons. The summed E-state index contributed by atoms with van der Waals surface area (Å²) in [7, 11) is 0. The second-order valence-corrected chi connectivity index (χ2v) is 7.55. The van der Waals surface area contributed by atoms with Gasteiger partial charge < -0.3 is 0 Å². The number of fused-ring (bicyclic) bond motifs is 1. The summed E-state index contributed by atoms with van der Waals surface area (Å²) in [5.41, 5.74) is 7.22. The SMILES string of the molecule is c1ccc(C2CCN(Cc3ccccc3-c3ccc4nccnc4c3)C2)cc1. The van der Waals surface area contributed by atoms with E-state index >= 15 is 0 Å². The lowest BCUT2D eigenvalue weighted by molar-refractivity contribution is 0.327. The molecule has 0 saturated carbocycles. The fourth-order valence-corrected chi connectivity index (χ4v) is 4.29. The van der Waals surface area contributed by atoms with Crippen LogP contribution in [0.5, 0.6) is 0 Å². The van der Waals surface area contributed by atoms with Gasteiger partial charge in [0.1, 0.15) is 0 Å².